The van der Waals surface area contributed by atoms with Crippen LogP contribution in [-0.2, 0) is 11.2 Å². The molecule has 1 fully saturated rings. The number of nitrogens with zero attached hydrogens (tertiary/aromatic N) is 1. The molecular formula is C15H23ClN2O3. The third-order valence-corrected chi connectivity index (χ3v) is 3.64. The molecule has 0 aliphatic carbocycles. The summed E-state index contributed by atoms with van der Waals surface area (Å²) in [5.41, 5.74) is 6.76. The van der Waals surface area contributed by atoms with Crippen LogP contribution in [0.25, 0.3) is 0 Å². The fraction of sp³-hybridized carbons (Fsp3) is 0.533. The average molecular weight is 315 g/mol. The molecule has 2 N–H and O–H groups in total. The van der Waals surface area contributed by atoms with Crippen LogP contribution in [-0.4, -0.2) is 44.2 Å². The molecule has 2 rings (SSSR count). The number of halogens is 1. The van der Waals surface area contributed by atoms with E-state index >= 15 is 0 Å². The minimum Gasteiger partial charge on any atom is -0.497 e. The Balaban J connectivity index is 0.00000220. The summed E-state index contributed by atoms with van der Waals surface area (Å²) >= 11 is 0. The third-order valence-electron chi connectivity index (χ3n) is 3.64. The van der Waals surface area contributed by atoms with Gasteiger partial charge in [0.15, 0.2) is 0 Å². The quantitative estimate of drug-likeness (QED) is 0.917. The van der Waals surface area contributed by atoms with Crippen LogP contribution in [0.4, 0.5) is 0 Å². The highest BCUT2D eigenvalue weighted by molar-refractivity contribution is 5.85. The van der Waals surface area contributed by atoms with E-state index in [0.717, 1.165) is 30.7 Å². The van der Waals surface area contributed by atoms with Crippen LogP contribution in [0.1, 0.15) is 18.4 Å². The van der Waals surface area contributed by atoms with Crippen molar-refractivity contribution in [1.82, 2.24) is 4.90 Å². The first-order valence-corrected chi connectivity index (χ1v) is 6.88. The maximum Gasteiger partial charge on any atom is 0.227 e. The van der Waals surface area contributed by atoms with E-state index in [0.29, 0.717) is 18.7 Å². The standard InChI is InChI=1S/C15H22N2O3.ClH/c1-19-13-5-6-14(20-2)11(8-13)9-15(18)17-7-3-4-12(16)10-17;/h5-6,8,12H,3-4,7,9-10,16H2,1-2H3;1H. The molecular weight excluding hydrogens is 292 g/mol. The number of hydrogen-bond acceptors (Lipinski definition) is 4. The van der Waals surface area contributed by atoms with Gasteiger partial charge in [-0.2, -0.15) is 0 Å². The molecule has 21 heavy (non-hydrogen) atoms. The van der Waals surface area contributed by atoms with Gasteiger partial charge in [-0.1, -0.05) is 0 Å². The molecule has 5 nitrogen and oxygen atoms in total. The number of amides is 1. The highest BCUT2D eigenvalue weighted by Gasteiger charge is 2.22. The smallest absolute Gasteiger partial charge is 0.227 e. The summed E-state index contributed by atoms with van der Waals surface area (Å²) < 4.78 is 10.5. The minimum atomic E-state index is 0. The van der Waals surface area contributed by atoms with Crippen molar-refractivity contribution >= 4 is 18.3 Å². The van der Waals surface area contributed by atoms with Crippen molar-refractivity contribution in [2.45, 2.75) is 25.3 Å². The monoisotopic (exact) mass is 314 g/mol. The first-order valence-electron chi connectivity index (χ1n) is 6.88. The maximum atomic E-state index is 12.4. The molecule has 1 aliphatic rings. The number of piperidine rings is 1. The molecule has 1 amide bonds. The summed E-state index contributed by atoms with van der Waals surface area (Å²) in [6.45, 7) is 1.43. The van der Waals surface area contributed by atoms with E-state index in [4.69, 9.17) is 15.2 Å². The molecule has 1 aliphatic heterocycles. The Labute approximate surface area is 131 Å². The Morgan fingerprint density at radius 3 is 2.76 bits per heavy atom. The number of hydrogen-bond donors (Lipinski definition) is 1. The van der Waals surface area contributed by atoms with Gasteiger partial charge in [-0.05, 0) is 31.0 Å². The van der Waals surface area contributed by atoms with Gasteiger partial charge in [0.05, 0.1) is 20.6 Å². The summed E-state index contributed by atoms with van der Waals surface area (Å²) in [7, 11) is 3.21. The van der Waals surface area contributed by atoms with Crippen LogP contribution in [0.2, 0.25) is 0 Å². The predicted octanol–water partition coefficient (Wildman–Crippen LogP) is 1.62. The highest BCUT2D eigenvalue weighted by Crippen LogP contribution is 2.25. The summed E-state index contributed by atoms with van der Waals surface area (Å²) in [5.74, 6) is 1.52. The van der Waals surface area contributed by atoms with Crippen LogP contribution in [0.3, 0.4) is 0 Å². The van der Waals surface area contributed by atoms with Crippen molar-refractivity contribution in [1.29, 1.82) is 0 Å². The van der Waals surface area contributed by atoms with Gasteiger partial charge in [0, 0.05) is 24.7 Å². The van der Waals surface area contributed by atoms with E-state index in [-0.39, 0.29) is 24.4 Å². The zero-order valence-corrected chi connectivity index (χ0v) is 13.3. The van der Waals surface area contributed by atoms with Crippen molar-refractivity contribution in [3.05, 3.63) is 23.8 Å². The average Bonchev–Trinajstić information content (AvgIpc) is 2.47. The van der Waals surface area contributed by atoms with Crippen molar-refractivity contribution in [2.24, 2.45) is 5.73 Å². The van der Waals surface area contributed by atoms with Crippen molar-refractivity contribution in [3.63, 3.8) is 0 Å². The Hall–Kier alpha value is -1.46. The molecule has 1 aromatic rings. The number of benzene rings is 1. The van der Waals surface area contributed by atoms with E-state index in [1.807, 2.05) is 23.1 Å². The lowest BCUT2D eigenvalue weighted by Gasteiger charge is -2.31. The molecule has 1 unspecified atom stereocenters. The van der Waals surface area contributed by atoms with Gasteiger partial charge in [0.25, 0.3) is 0 Å². The first kappa shape index (κ1) is 17.6. The van der Waals surface area contributed by atoms with Crippen LogP contribution >= 0.6 is 12.4 Å². The molecule has 118 valence electrons. The summed E-state index contributed by atoms with van der Waals surface area (Å²) in [5, 5.41) is 0. The Kier molecular flexibility index (Phi) is 6.78. The van der Waals surface area contributed by atoms with Gasteiger partial charge in [-0.15, -0.1) is 12.4 Å². The maximum absolute atomic E-state index is 12.4. The second-order valence-corrected chi connectivity index (χ2v) is 5.10. The second kappa shape index (κ2) is 8.10. The number of carbonyl (C=O) groups is 1. The number of methoxy groups -OCH3 is 2. The zero-order valence-electron chi connectivity index (χ0n) is 12.5. The number of nitrogens with two attached hydrogens (primary N) is 1. The molecule has 0 aromatic heterocycles. The van der Waals surface area contributed by atoms with Crippen molar-refractivity contribution < 1.29 is 14.3 Å². The van der Waals surface area contributed by atoms with Crippen molar-refractivity contribution in [2.75, 3.05) is 27.3 Å². The van der Waals surface area contributed by atoms with Crippen LogP contribution in [0.5, 0.6) is 11.5 Å². The fourth-order valence-corrected chi connectivity index (χ4v) is 2.53. The first-order chi connectivity index (χ1) is 9.63. The van der Waals surface area contributed by atoms with E-state index in [2.05, 4.69) is 0 Å². The number of likely N-dealkylation sites (tertiary alicyclic amines) is 1. The van der Waals surface area contributed by atoms with E-state index < -0.39 is 0 Å². The largest absolute Gasteiger partial charge is 0.497 e. The number of rotatable bonds is 4. The lowest BCUT2D eigenvalue weighted by atomic mass is 10.0. The molecule has 1 atom stereocenters. The summed E-state index contributed by atoms with van der Waals surface area (Å²) in [4.78, 5) is 14.2. The van der Waals surface area contributed by atoms with Crippen LogP contribution < -0.4 is 15.2 Å². The molecule has 1 saturated heterocycles. The zero-order chi connectivity index (χ0) is 14.5. The van der Waals surface area contributed by atoms with Gasteiger partial charge in [0.1, 0.15) is 11.5 Å². The van der Waals surface area contributed by atoms with Crippen LogP contribution in [0, 0.1) is 0 Å². The lowest BCUT2D eigenvalue weighted by Crippen LogP contribution is -2.46. The predicted molar refractivity (Wildman–Crippen MR) is 84.3 cm³/mol. The van der Waals surface area contributed by atoms with Gasteiger partial charge in [-0.3, -0.25) is 4.79 Å². The molecule has 1 aromatic carbocycles. The number of ether oxygens (including phenoxy) is 2. The van der Waals surface area contributed by atoms with Crippen LogP contribution in [0.15, 0.2) is 18.2 Å². The minimum absolute atomic E-state index is 0. The topological polar surface area (TPSA) is 64.8 Å². The van der Waals surface area contributed by atoms with E-state index in [1.165, 1.54) is 0 Å². The molecule has 0 bridgehead atoms. The normalized spacial score (nSPS) is 17.9. The molecule has 1 heterocycles. The molecule has 0 spiro atoms. The van der Waals surface area contributed by atoms with Gasteiger partial charge in [-0.25, -0.2) is 0 Å². The SMILES string of the molecule is COc1ccc(OC)c(CC(=O)N2CCCC(N)C2)c1.Cl. The molecule has 0 saturated carbocycles. The highest BCUT2D eigenvalue weighted by atomic mass is 35.5. The summed E-state index contributed by atoms with van der Waals surface area (Å²) in [6, 6.07) is 5.59. The van der Waals surface area contributed by atoms with E-state index in [1.54, 1.807) is 14.2 Å². The second-order valence-electron chi connectivity index (χ2n) is 5.10. The van der Waals surface area contributed by atoms with E-state index in [9.17, 15) is 4.79 Å². The van der Waals surface area contributed by atoms with Gasteiger partial charge >= 0.3 is 0 Å². The van der Waals surface area contributed by atoms with Gasteiger partial charge < -0.3 is 20.1 Å². The Bertz CT molecular complexity index is 482. The Morgan fingerprint density at radius 1 is 1.38 bits per heavy atom. The fourth-order valence-electron chi connectivity index (χ4n) is 2.53. The Morgan fingerprint density at radius 2 is 2.14 bits per heavy atom. The van der Waals surface area contributed by atoms with Gasteiger partial charge in [0.2, 0.25) is 5.91 Å². The molecule has 0 radical (unpaired) electrons. The summed E-state index contributed by atoms with van der Waals surface area (Å²) in [6.07, 6.45) is 2.28. The third kappa shape index (κ3) is 4.51. The number of carbonyl (C=O) groups excluding carboxylic acids is 1. The molecule has 6 heteroatoms. The van der Waals surface area contributed by atoms with Crippen molar-refractivity contribution in [3.8, 4) is 11.5 Å². The lowest BCUT2D eigenvalue weighted by molar-refractivity contribution is -0.131.